The largest absolute Gasteiger partial charge is 0.343 e. The monoisotopic (exact) mass is 405 g/mol. The molecular weight excluding hydrogens is 381 g/mol. The molecule has 2 atom stereocenters. The fraction of sp³-hybridized carbons (Fsp3) is 0.588. The Hall–Kier alpha value is -1.22. The van der Waals surface area contributed by atoms with Crippen LogP contribution in [0.4, 0.5) is 4.39 Å². The number of piperidine rings is 1. The maximum Gasteiger partial charge on any atom is 0.240 e. The zero-order valence-electron chi connectivity index (χ0n) is 14.7. The Morgan fingerprint density at radius 1 is 1.23 bits per heavy atom. The second-order valence-corrected chi connectivity index (χ2v) is 8.64. The van der Waals surface area contributed by atoms with Gasteiger partial charge >= 0.3 is 0 Å². The van der Waals surface area contributed by atoms with Gasteiger partial charge in [0.1, 0.15) is 5.82 Å². The summed E-state index contributed by atoms with van der Waals surface area (Å²) in [6, 6.07) is 5.82. The zero-order chi connectivity index (χ0) is 18.0. The van der Waals surface area contributed by atoms with Gasteiger partial charge in [-0.1, -0.05) is 0 Å². The van der Waals surface area contributed by atoms with Crippen LogP contribution in [0.25, 0.3) is 0 Å². The highest BCUT2D eigenvalue weighted by atomic mass is 35.5. The first-order valence-electron chi connectivity index (χ1n) is 8.62. The van der Waals surface area contributed by atoms with E-state index in [-0.39, 0.29) is 42.2 Å². The predicted molar refractivity (Wildman–Crippen MR) is 99.2 cm³/mol. The average Bonchev–Trinajstić information content (AvgIpc) is 2.92. The third-order valence-corrected chi connectivity index (χ3v) is 6.62. The van der Waals surface area contributed by atoms with Crippen molar-refractivity contribution in [1.82, 2.24) is 14.9 Å². The molecule has 9 heteroatoms. The molecule has 2 unspecified atom stereocenters. The smallest absolute Gasteiger partial charge is 0.240 e. The Balaban J connectivity index is 0.00000243. The van der Waals surface area contributed by atoms with Crippen molar-refractivity contribution in [3.05, 3.63) is 30.1 Å². The van der Waals surface area contributed by atoms with E-state index in [0.717, 1.165) is 25.0 Å². The number of rotatable bonds is 6. The van der Waals surface area contributed by atoms with Gasteiger partial charge in [0, 0.05) is 38.1 Å². The van der Waals surface area contributed by atoms with Crippen LogP contribution in [-0.4, -0.2) is 50.9 Å². The van der Waals surface area contributed by atoms with Crippen molar-refractivity contribution in [2.24, 2.45) is 0 Å². The van der Waals surface area contributed by atoms with Gasteiger partial charge < -0.3 is 10.2 Å². The summed E-state index contributed by atoms with van der Waals surface area (Å²) in [4.78, 5) is 14.1. The first-order valence-corrected chi connectivity index (χ1v) is 10.1. The highest BCUT2D eigenvalue weighted by molar-refractivity contribution is 7.89. The third kappa shape index (κ3) is 4.94. The SMILES string of the molecule is CN(C(=O)CCNS(=O)(=O)c1ccc(F)cc1)C1CC2CCC(C1)N2.Cl. The van der Waals surface area contributed by atoms with Crippen molar-refractivity contribution in [2.75, 3.05) is 13.6 Å². The molecule has 0 aromatic heterocycles. The lowest BCUT2D eigenvalue weighted by atomic mass is 9.98. The van der Waals surface area contributed by atoms with Crippen LogP contribution < -0.4 is 10.0 Å². The Morgan fingerprint density at radius 3 is 2.38 bits per heavy atom. The summed E-state index contributed by atoms with van der Waals surface area (Å²) in [5.74, 6) is -0.556. The van der Waals surface area contributed by atoms with Crippen molar-refractivity contribution >= 4 is 28.3 Å². The number of halogens is 2. The Bertz CT molecular complexity index is 717. The Labute approximate surface area is 160 Å². The summed E-state index contributed by atoms with van der Waals surface area (Å²) in [6.07, 6.45) is 4.36. The minimum Gasteiger partial charge on any atom is -0.343 e. The highest BCUT2D eigenvalue weighted by Gasteiger charge is 2.36. The van der Waals surface area contributed by atoms with Crippen molar-refractivity contribution in [2.45, 2.75) is 55.1 Å². The molecule has 3 rings (SSSR count). The number of benzene rings is 1. The first kappa shape index (κ1) is 21.1. The standard InChI is InChI=1S/C17H24FN3O3S.ClH/c1-21(15-10-13-4-5-14(11-15)20-13)17(22)8-9-19-25(23,24)16-6-2-12(18)3-7-16;/h2-3,6-7,13-15,19-20H,4-5,8-11H2,1H3;1H. The molecule has 2 N–H and O–H groups in total. The van der Waals surface area contributed by atoms with E-state index >= 15 is 0 Å². The van der Waals surface area contributed by atoms with E-state index in [1.807, 2.05) is 0 Å². The van der Waals surface area contributed by atoms with E-state index in [2.05, 4.69) is 10.0 Å². The molecular formula is C17H25ClFN3O3S. The van der Waals surface area contributed by atoms with E-state index < -0.39 is 15.8 Å². The lowest BCUT2D eigenvalue weighted by Gasteiger charge is -2.35. The molecule has 0 aliphatic carbocycles. The number of fused-ring (bicyclic) bond motifs is 2. The highest BCUT2D eigenvalue weighted by Crippen LogP contribution is 2.29. The van der Waals surface area contributed by atoms with E-state index in [0.29, 0.717) is 12.1 Å². The van der Waals surface area contributed by atoms with Gasteiger partial charge in [0.25, 0.3) is 0 Å². The zero-order valence-corrected chi connectivity index (χ0v) is 16.3. The van der Waals surface area contributed by atoms with Gasteiger partial charge in [-0.3, -0.25) is 4.79 Å². The van der Waals surface area contributed by atoms with Gasteiger partial charge in [-0.25, -0.2) is 17.5 Å². The summed E-state index contributed by atoms with van der Waals surface area (Å²) in [5, 5.41) is 3.54. The summed E-state index contributed by atoms with van der Waals surface area (Å²) in [6.45, 7) is 0.0285. The minimum absolute atomic E-state index is 0. The number of sulfonamides is 1. The molecule has 2 saturated heterocycles. The lowest BCUT2D eigenvalue weighted by Crippen LogP contribution is -2.49. The van der Waals surface area contributed by atoms with E-state index in [4.69, 9.17) is 0 Å². The lowest BCUT2D eigenvalue weighted by molar-refractivity contribution is -0.132. The molecule has 1 amide bonds. The molecule has 2 bridgehead atoms. The maximum atomic E-state index is 12.9. The van der Waals surface area contributed by atoms with Gasteiger partial charge in [-0.05, 0) is 49.9 Å². The van der Waals surface area contributed by atoms with Gasteiger partial charge in [-0.15, -0.1) is 12.4 Å². The topological polar surface area (TPSA) is 78.5 Å². The van der Waals surface area contributed by atoms with E-state index in [1.165, 1.54) is 25.0 Å². The van der Waals surface area contributed by atoms with Crippen molar-refractivity contribution < 1.29 is 17.6 Å². The number of hydrogen-bond donors (Lipinski definition) is 2. The number of nitrogens with one attached hydrogen (secondary N) is 2. The van der Waals surface area contributed by atoms with Gasteiger partial charge in [0.15, 0.2) is 0 Å². The van der Waals surface area contributed by atoms with Crippen LogP contribution in [0.1, 0.15) is 32.1 Å². The second-order valence-electron chi connectivity index (χ2n) is 6.87. The number of carbonyl (C=O) groups is 1. The molecule has 146 valence electrons. The van der Waals surface area contributed by atoms with Crippen LogP contribution in [0.5, 0.6) is 0 Å². The predicted octanol–water partition coefficient (Wildman–Crippen LogP) is 1.66. The number of hydrogen-bond acceptors (Lipinski definition) is 4. The summed E-state index contributed by atoms with van der Waals surface area (Å²) in [5.41, 5.74) is 0. The molecule has 0 spiro atoms. The summed E-state index contributed by atoms with van der Waals surface area (Å²) < 4.78 is 39.5. The van der Waals surface area contributed by atoms with Crippen LogP contribution in [0.15, 0.2) is 29.2 Å². The minimum atomic E-state index is -3.73. The Morgan fingerprint density at radius 2 is 1.81 bits per heavy atom. The van der Waals surface area contributed by atoms with Crippen LogP contribution >= 0.6 is 12.4 Å². The average molecular weight is 406 g/mol. The molecule has 2 heterocycles. The van der Waals surface area contributed by atoms with Gasteiger partial charge in [0.05, 0.1) is 4.90 Å². The van der Waals surface area contributed by atoms with Crippen LogP contribution in [0, 0.1) is 5.82 Å². The van der Waals surface area contributed by atoms with Gasteiger partial charge in [-0.2, -0.15) is 0 Å². The molecule has 2 aliphatic heterocycles. The molecule has 1 aromatic carbocycles. The first-order chi connectivity index (χ1) is 11.8. The quantitative estimate of drug-likeness (QED) is 0.754. The van der Waals surface area contributed by atoms with Gasteiger partial charge in [0.2, 0.25) is 15.9 Å². The maximum absolute atomic E-state index is 12.9. The van der Waals surface area contributed by atoms with Crippen LogP contribution in [0.3, 0.4) is 0 Å². The fourth-order valence-corrected chi connectivity index (χ4v) is 4.74. The fourth-order valence-electron chi connectivity index (χ4n) is 3.71. The second kappa shape index (κ2) is 8.65. The summed E-state index contributed by atoms with van der Waals surface area (Å²) >= 11 is 0. The number of carbonyl (C=O) groups excluding carboxylic acids is 1. The number of amides is 1. The van der Waals surface area contributed by atoms with Crippen LogP contribution in [-0.2, 0) is 14.8 Å². The summed E-state index contributed by atoms with van der Waals surface area (Å²) in [7, 11) is -1.93. The number of nitrogens with zero attached hydrogens (tertiary/aromatic N) is 1. The van der Waals surface area contributed by atoms with E-state index in [9.17, 15) is 17.6 Å². The molecule has 0 radical (unpaired) electrons. The molecule has 2 fully saturated rings. The van der Waals surface area contributed by atoms with Crippen molar-refractivity contribution in [1.29, 1.82) is 0 Å². The van der Waals surface area contributed by atoms with Crippen molar-refractivity contribution in [3.63, 3.8) is 0 Å². The Kier molecular flexibility index (Phi) is 7.01. The third-order valence-electron chi connectivity index (χ3n) is 5.14. The van der Waals surface area contributed by atoms with E-state index in [1.54, 1.807) is 11.9 Å². The van der Waals surface area contributed by atoms with Crippen molar-refractivity contribution in [3.8, 4) is 0 Å². The molecule has 2 aliphatic rings. The normalized spacial score (nSPS) is 24.8. The molecule has 1 aromatic rings. The molecule has 0 saturated carbocycles. The van der Waals surface area contributed by atoms with Crippen LogP contribution in [0.2, 0.25) is 0 Å². The molecule has 6 nitrogen and oxygen atoms in total. The molecule has 26 heavy (non-hydrogen) atoms.